The number of ether oxygens (including phenoxy) is 3. The van der Waals surface area contributed by atoms with Gasteiger partial charge in [0.2, 0.25) is 0 Å². The molecule has 0 spiro atoms. The smallest absolute Gasteiger partial charge is 0.309 e. The van der Waals surface area contributed by atoms with Crippen molar-refractivity contribution in [3.8, 4) is 0 Å². The standard InChI is InChI=1S/C13H23IO4/c1-4-16-13(15)10-7-11(14)12(8-10)18-6-5-17-9(2)3/h9-12H,4-8H2,1-3H3. The van der Waals surface area contributed by atoms with Gasteiger partial charge in [0.05, 0.1) is 37.9 Å². The van der Waals surface area contributed by atoms with Crippen LogP contribution in [0.25, 0.3) is 0 Å². The highest BCUT2D eigenvalue weighted by atomic mass is 127. The summed E-state index contributed by atoms with van der Waals surface area (Å²) < 4.78 is 16.7. The van der Waals surface area contributed by atoms with Crippen LogP contribution in [0.1, 0.15) is 33.6 Å². The van der Waals surface area contributed by atoms with Gasteiger partial charge in [0.15, 0.2) is 0 Å². The van der Waals surface area contributed by atoms with Crippen molar-refractivity contribution < 1.29 is 19.0 Å². The van der Waals surface area contributed by atoms with Gasteiger partial charge in [-0.2, -0.15) is 0 Å². The SMILES string of the molecule is CCOC(=O)C1CC(I)C(OCCOC(C)C)C1. The zero-order chi connectivity index (χ0) is 13.5. The molecule has 0 aromatic heterocycles. The maximum absolute atomic E-state index is 11.6. The van der Waals surface area contributed by atoms with Gasteiger partial charge in [0.1, 0.15) is 0 Å². The van der Waals surface area contributed by atoms with Crippen molar-refractivity contribution in [2.45, 2.75) is 49.7 Å². The average Bonchev–Trinajstić information content (AvgIpc) is 2.67. The minimum absolute atomic E-state index is 0.00265. The fraction of sp³-hybridized carbons (Fsp3) is 0.923. The third-order valence-electron chi connectivity index (χ3n) is 2.92. The summed E-state index contributed by atoms with van der Waals surface area (Å²) in [5.74, 6) is -0.0773. The lowest BCUT2D eigenvalue weighted by atomic mass is 10.1. The third-order valence-corrected chi connectivity index (χ3v) is 4.23. The van der Waals surface area contributed by atoms with E-state index < -0.39 is 0 Å². The molecule has 0 saturated heterocycles. The molecule has 0 heterocycles. The van der Waals surface area contributed by atoms with Gasteiger partial charge in [-0.05, 0) is 33.6 Å². The number of halogens is 1. The van der Waals surface area contributed by atoms with Crippen LogP contribution in [0.2, 0.25) is 0 Å². The van der Waals surface area contributed by atoms with E-state index in [0.717, 1.165) is 12.8 Å². The largest absolute Gasteiger partial charge is 0.466 e. The Morgan fingerprint density at radius 2 is 2.06 bits per heavy atom. The lowest BCUT2D eigenvalue weighted by Gasteiger charge is -2.16. The molecule has 1 rings (SSSR count). The van der Waals surface area contributed by atoms with E-state index in [-0.39, 0.29) is 24.1 Å². The van der Waals surface area contributed by atoms with Gasteiger partial charge < -0.3 is 14.2 Å². The molecule has 1 aliphatic carbocycles. The Bertz CT molecular complexity index is 257. The van der Waals surface area contributed by atoms with Crippen molar-refractivity contribution in [3.63, 3.8) is 0 Å². The summed E-state index contributed by atoms with van der Waals surface area (Å²) in [6.45, 7) is 7.51. The molecular formula is C13H23IO4. The zero-order valence-corrected chi connectivity index (χ0v) is 13.5. The Labute approximate surface area is 123 Å². The van der Waals surface area contributed by atoms with Gasteiger partial charge in [0.25, 0.3) is 0 Å². The van der Waals surface area contributed by atoms with Crippen molar-refractivity contribution in [3.05, 3.63) is 0 Å². The van der Waals surface area contributed by atoms with Crippen molar-refractivity contribution >= 4 is 28.6 Å². The number of alkyl halides is 1. The van der Waals surface area contributed by atoms with E-state index in [4.69, 9.17) is 14.2 Å². The topological polar surface area (TPSA) is 44.8 Å². The van der Waals surface area contributed by atoms with Crippen LogP contribution in [0.4, 0.5) is 0 Å². The maximum atomic E-state index is 11.6. The molecule has 0 aromatic carbocycles. The first-order valence-corrected chi connectivity index (χ1v) is 7.83. The van der Waals surface area contributed by atoms with E-state index in [9.17, 15) is 4.79 Å². The first kappa shape index (κ1) is 16.2. The number of carbonyl (C=O) groups is 1. The number of rotatable bonds is 7. The minimum atomic E-state index is -0.0799. The highest BCUT2D eigenvalue weighted by Crippen LogP contribution is 2.34. The molecule has 5 heteroatoms. The van der Waals surface area contributed by atoms with Gasteiger partial charge in [-0.1, -0.05) is 22.6 Å². The van der Waals surface area contributed by atoms with E-state index in [2.05, 4.69) is 22.6 Å². The van der Waals surface area contributed by atoms with E-state index in [1.165, 1.54) is 0 Å². The van der Waals surface area contributed by atoms with Crippen molar-refractivity contribution in [1.82, 2.24) is 0 Å². The van der Waals surface area contributed by atoms with Crippen LogP contribution in [0, 0.1) is 5.92 Å². The lowest BCUT2D eigenvalue weighted by molar-refractivity contribution is -0.148. The van der Waals surface area contributed by atoms with Crippen molar-refractivity contribution in [2.75, 3.05) is 19.8 Å². The molecule has 3 atom stereocenters. The molecule has 0 amide bonds. The second-order valence-corrected chi connectivity index (χ2v) is 6.37. The van der Waals surface area contributed by atoms with Crippen LogP contribution in [0.15, 0.2) is 0 Å². The molecule has 18 heavy (non-hydrogen) atoms. The Morgan fingerprint density at radius 3 is 2.67 bits per heavy atom. The van der Waals surface area contributed by atoms with E-state index in [1.807, 2.05) is 20.8 Å². The Kier molecular flexibility index (Phi) is 7.48. The van der Waals surface area contributed by atoms with Crippen molar-refractivity contribution in [1.29, 1.82) is 0 Å². The van der Waals surface area contributed by atoms with Gasteiger partial charge >= 0.3 is 5.97 Å². The highest BCUT2D eigenvalue weighted by molar-refractivity contribution is 14.1. The first-order valence-electron chi connectivity index (χ1n) is 6.58. The quantitative estimate of drug-likeness (QED) is 0.299. The van der Waals surface area contributed by atoms with Crippen LogP contribution < -0.4 is 0 Å². The van der Waals surface area contributed by atoms with E-state index in [0.29, 0.717) is 23.7 Å². The highest BCUT2D eigenvalue weighted by Gasteiger charge is 2.37. The number of esters is 1. The summed E-state index contributed by atoms with van der Waals surface area (Å²) in [5.41, 5.74) is 0. The molecule has 1 aliphatic rings. The van der Waals surface area contributed by atoms with Gasteiger partial charge in [-0.25, -0.2) is 0 Å². The zero-order valence-electron chi connectivity index (χ0n) is 11.4. The molecule has 0 bridgehead atoms. The molecule has 3 unspecified atom stereocenters. The molecule has 1 fully saturated rings. The molecule has 4 nitrogen and oxygen atoms in total. The van der Waals surface area contributed by atoms with Gasteiger partial charge in [0, 0.05) is 3.92 Å². The van der Waals surface area contributed by atoms with Crippen LogP contribution in [0.3, 0.4) is 0 Å². The monoisotopic (exact) mass is 370 g/mol. The van der Waals surface area contributed by atoms with Crippen LogP contribution in [-0.2, 0) is 19.0 Å². The van der Waals surface area contributed by atoms with Crippen LogP contribution in [0.5, 0.6) is 0 Å². The molecule has 0 radical (unpaired) electrons. The summed E-state index contributed by atoms with van der Waals surface area (Å²) in [5, 5.41) is 0. The molecule has 0 N–H and O–H groups in total. The van der Waals surface area contributed by atoms with Crippen LogP contribution >= 0.6 is 22.6 Å². The van der Waals surface area contributed by atoms with Gasteiger partial charge in [-0.3, -0.25) is 4.79 Å². The number of hydrogen-bond donors (Lipinski definition) is 0. The van der Waals surface area contributed by atoms with Crippen molar-refractivity contribution in [2.24, 2.45) is 5.92 Å². The Hall–Kier alpha value is 0.120. The van der Waals surface area contributed by atoms with Gasteiger partial charge in [-0.15, -0.1) is 0 Å². The fourth-order valence-corrected chi connectivity index (χ4v) is 3.17. The number of hydrogen-bond acceptors (Lipinski definition) is 4. The normalized spacial score (nSPS) is 27.7. The first-order chi connectivity index (χ1) is 8.54. The Balaban J connectivity index is 2.25. The summed E-state index contributed by atoms with van der Waals surface area (Å²) in [6, 6.07) is 0. The third kappa shape index (κ3) is 5.40. The summed E-state index contributed by atoms with van der Waals surface area (Å²) >= 11 is 2.36. The maximum Gasteiger partial charge on any atom is 0.309 e. The minimum Gasteiger partial charge on any atom is -0.466 e. The fourth-order valence-electron chi connectivity index (χ4n) is 2.06. The predicted octanol–water partition coefficient (Wildman–Crippen LogP) is 2.57. The summed E-state index contributed by atoms with van der Waals surface area (Å²) in [6.07, 6.45) is 2.01. The summed E-state index contributed by atoms with van der Waals surface area (Å²) in [7, 11) is 0. The average molecular weight is 370 g/mol. The molecule has 0 aromatic rings. The second kappa shape index (κ2) is 8.32. The van der Waals surface area contributed by atoms with Crippen LogP contribution in [-0.4, -0.2) is 41.9 Å². The molecule has 106 valence electrons. The Morgan fingerprint density at radius 1 is 1.33 bits per heavy atom. The lowest BCUT2D eigenvalue weighted by Crippen LogP contribution is -2.21. The van der Waals surface area contributed by atoms with E-state index in [1.54, 1.807) is 0 Å². The molecular weight excluding hydrogens is 347 g/mol. The second-order valence-electron chi connectivity index (χ2n) is 4.77. The predicted molar refractivity (Wildman–Crippen MR) is 78.0 cm³/mol. The number of carbonyl (C=O) groups excluding carboxylic acids is 1. The molecule has 0 aliphatic heterocycles. The van der Waals surface area contributed by atoms with E-state index >= 15 is 0 Å². The molecule has 1 saturated carbocycles. The summed E-state index contributed by atoms with van der Waals surface area (Å²) in [4.78, 5) is 11.6.